The molecular formula is C17H21N7O. The molecule has 0 atom stereocenters. The van der Waals surface area contributed by atoms with Crippen LogP contribution in [-0.4, -0.2) is 25.3 Å². The highest BCUT2D eigenvalue weighted by Gasteiger charge is 2.26. The first-order valence-electron chi connectivity index (χ1n) is 8.64. The quantitative estimate of drug-likeness (QED) is 0.578. The molecule has 1 aliphatic rings. The second-order valence-electron chi connectivity index (χ2n) is 6.26. The Hall–Kier alpha value is -2.90. The van der Waals surface area contributed by atoms with Crippen molar-refractivity contribution in [2.24, 2.45) is 0 Å². The van der Waals surface area contributed by atoms with Crippen molar-refractivity contribution < 1.29 is 4.52 Å². The highest BCUT2D eigenvalue weighted by molar-refractivity contribution is 5.52. The smallest absolute Gasteiger partial charge is 0.224 e. The van der Waals surface area contributed by atoms with E-state index in [2.05, 4.69) is 42.9 Å². The van der Waals surface area contributed by atoms with Crippen molar-refractivity contribution >= 4 is 17.6 Å². The van der Waals surface area contributed by atoms with Gasteiger partial charge < -0.3 is 15.2 Å². The zero-order valence-electron chi connectivity index (χ0n) is 14.1. The molecule has 1 saturated carbocycles. The predicted molar refractivity (Wildman–Crippen MR) is 93.7 cm³/mol. The van der Waals surface area contributed by atoms with E-state index >= 15 is 0 Å². The van der Waals surface area contributed by atoms with Crippen LogP contribution in [0.4, 0.5) is 17.6 Å². The van der Waals surface area contributed by atoms with E-state index in [1.54, 1.807) is 12.3 Å². The summed E-state index contributed by atoms with van der Waals surface area (Å²) < 4.78 is 5.34. The molecule has 0 unspecified atom stereocenters. The normalized spacial score (nSPS) is 13.8. The maximum absolute atomic E-state index is 5.34. The first-order valence-corrected chi connectivity index (χ1v) is 8.64. The van der Waals surface area contributed by atoms with Gasteiger partial charge in [-0.2, -0.15) is 10.1 Å². The zero-order valence-corrected chi connectivity index (χ0v) is 14.1. The third-order valence-corrected chi connectivity index (χ3v) is 4.06. The van der Waals surface area contributed by atoms with Gasteiger partial charge in [-0.1, -0.05) is 18.5 Å². The Balaban J connectivity index is 1.36. The Labute approximate surface area is 145 Å². The van der Waals surface area contributed by atoms with Crippen LogP contribution in [0.2, 0.25) is 0 Å². The second-order valence-corrected chi connectivity index (χ2v) is 6.26. The van der Waals surface area contributed by atoms with Gasteiger partial charge in [0.15, 0.2) is 11.6 Å². The van der Waals surface area contributed by atoms with E-state index in [0.29, 0.717) is 24.2 Å². The maximum atomic E-state index is 5.34. The number of nitrogens with one attached hydrogen (secondary N) is 3. The van der Waals surface area contributed by atoms with E-state index in [0.717, 1.165) is 35.8 Å². The number of hydrogen-bond donors (Lipinski definition) is 3. The minimum Gasteiger partial charge on any atom is -0.359 e. The summed E-state index contributed by atoms with van der Waals surface area (Å²) in [6.45, 7) is 2.64. The van der Waals surface area contributed by atoms with Gasteiger partial charge in [0.25, 0.3) is 0 Å². The molecule has 4 rings (SSSR count). The number of rotatable bonds is 8. The summed E-state index contributed by atoms with van der Waals surface area (Å²) in [6, 6.07) is 5.80. The van der Waals surface area contributed by atoms with Crippen LogP contribution in [0.3, 0.4) is 0 Å². The van der Waals surface area contributed by atoms with E-state index in [-0.39, 0.29) is 0 Å². The Morgan fingerprint density at radius 3 is 3.04 bits per heavy atom. The number of nitrogens with zero attached hydrogens (tertiary/aromatic N) is 4. The standard InChI is InChI=1S/C17H21N7O/c1-2-3-12-8-16(23-22-12)20-15-6-7-18-17(21-15)19-10-13-9-14(24-25-13)11-4-5-11/h6-9,11H,2-5,10H2,1H3,(H3,18,19,20,21,22,23). The van der Waals surface area contributed by atoms with E-state index in [1.807, 2.05) is 12.1 Å². The highest BCUT2D eigenvalue weighted by Crippen LogP contribution is 2.39. The minimum absolute atomic E-state index is 0.506. The zero-order chi connectivity index (χ0) is 17.1. The first kappa shape index (κ1) is 15.6. The Morgan fingerprint density at radius 1 is 1.28 bits per heavy atom. The molecule has 0 saturated heterocycles. The number of aromatic nitrogens is 5. The van der Waals surface area contributed by atoms with Crippen molar-refractivity contribution in [2.75, 3.05) is 10.6 Å². The predicted octanol–water partition coefficient (Wildman–Crippen LogP) is 3.37. The molecule has 3 aromatic rings. The SMILES string of the molecule is CCCc1cc(Nc2ccnc(NCc3cc(C4CC4)no3)n2)n[nH]1. The van der Waals surface area contributed by atoms with E-state index < -0.39 is 0 Å². The molecular weight excluding hydrogens is 318 g/mol. The van der Waals surface area contributed by atoms with Gasteiger partial charge in [0.1, 0.15) is 5.82 Å². The van der Waals surface area contributed by atoms with Crippen LogP contribution in [0.25, 0.3) is 0 Å². The van der Waals surface area contributed by atoms with Crippen LogP contribution < -0.4 is 10.6 Å². The average molecular weight is 339 g/mol. The third-order valence-electron chi connectivity index (χ3n) is 4.06. The van der Waals surface area contributed by atoms with Crippen molar-refractivity contribution in [2.45, 2.75) is 45.1 Å². The lowest BCUT2D eigenvalue weighted by Crippen LogP contribution is -2.04. The third kappa shape index (κ3) is 3.96. The van der Waals surface area contributed by atoms with Gasteiger partial charge in [-0.25, -0.2) is 4.98 Å². The summed E-state index contributed by atoms with van der Waals surface area (Å²) in [5, 5.41) is 17.7. The molecule has 0 bridgehead atoms. The summed E-state index contributed by atoms with van der Waals surface area (Å²) in [7, 11) is 0. The van der Waals surface area contributed by atoms with Gasteiger partial charge in [-0.15, -0.1) is 0 Å². The number of aromatic amines is 1. The molecule has 1 aliphatic carbocycles. The topological polar surface area (TPSA) is 105 Å². The van der Waals surface area contributed by atoms with Gasteiger partial charge in [0.05, 0.1) is 12.2 Å². The molecule has 3 N–H and O–H groups in total. The molecule has 25 heavy (non-hydrogen) atoms. The van der Waals surface area contributed by atoms with Gasteiger partial charge in [-0.05, 0) is 25.3 Å². The lowest BCUT2D eigenvalue weighted by molar-refractivity contribution is 0.381. The summed E-state index contributed by atoms with van der Waals surface area (Å²) in [4.78, 5) is 8.68. The number of H-pyrrole nitrogens is 1. The fourth-order valence-electron chi connectivity index (χ4n) is 2.62. The van der Waals surface area contributed by atoms with Crippen LogP contribution in [-0.2, 0) is 13.0 Å². The number of anilines is 3. The average Bonchev–Trinajstić information content (AvgIpc) is 3.20. The van der Waals surface area contributed by atoms with Crippen LogP contribution in [0, 0.1) is 0 Å². The Bertz CT molecular complexity index is 837. The van der Waals surface area contributed by atoms with Crippen LogP contribution in [0.5, 0.6) is 0 Å². The molecule has 3 aromatic heterocycles. The van der Waals surface area contributed by atoms with Crippen LogP contribution in [0.15, 0.2) is 28.9 Å². The monoisotopic (exact) mass is 339 g/mol. The lowest BCUT2D eigenvalue weighted by Gasteiger charge is -2.05. The van der Waals surface area contributed by atoms with Crippen molar-refractivity contribution in [3.8, 4) is 0 Å². The molecule has 1 fully saturated rings. The van der Waals surface area contributed by atoms with Crippen LogP contribution >= 0.6 is 0 Å². The van der Waals surface area contributed by atoms with Crippen LogP contribution in [0.1, 0.15) is 49.3 Å². The van der Waals surface area contributed by atoms with E-state index in [4.69, 9.17) is 4.52 Å². The fraction of sp³-hybridized carbons (Fsp3) is 0.412. The lowest BCUT2D eigenvalue weighted by atomic mass is 10.2. The summed E-state index contributed by atoms with van der Waals surface area (Å²) in [5.41, 5.74) is 2.16. The number of aryl methyl sites for hydroxylation is 1. The van der Waals surface area contributed by atoms with Gasteiger partial charge in [0, 0.05) is 29.9 Å². The molecule has 0 amide bonds. The Morgan fingerprint density at radius 2 is 2.20 bits per heavy atom. The summed E-state index contributed by atoms with van der Waals surface area (Å²) in [5.74, 6) is 3.34. The molecule has 0 aromatic carbocycles. The van der Waals surface area contributed by atoms with Gasteiger partial charge >= 0.3 is 0 Å². The fourth-order valence-corrected chi connectivity index (χ4v) is 2.62. The van der Waals surface area contributed by atoms with E-state index in [9.17, 15) is 0 Å². The van der Waals surface area contributed by atoms with E-state index in [1.165, 1.54) is 12.8 Å². The number of hydrogen-bond acceptors (Lipinski definition) is 7. The minimum atomic E-state index is 0.506. The Kier molecular flexibility index (Phi) is 4.32. The largest absolute Gasteiger partial charge is 0.359 e. The molecule has 0 aliphatic heterocycles. The molecule has 0 spiro atoms. The maximum Gasteiger partial charge on any atom is 0.224 e. The summed E-state index contributed by atoms with van der Waals surface area (Å²) >= 11 is 0. The second kappa shape index (κ2) is 6.92. The van der Waals surface area contributed by atoms with Crippen molar-refractivity contribution in [3.63, 3.8) is 0 Å². The highest BCUT2D eigenvalue weighted by atomic mass is 16.5. The van der Waals surface area contributed by atoms with Crippen molar-refractivity contribution in [1.29, 1.82) is 0 Å². The molecule has 130 valence electrons. The molecule has 0 radical (unpaired) electrons. The molecule has 8 nitrogen and oxygen atoms in total. The van der Waals surface area contributed by atoms with Gasteiger partial charge in [-0.3, -0.25) is 5.10 Å². The van der Waals surface area contributed by atoms with Crippen molar-refractivity contribution in [1.82, 2.24) is 25.3 Å². The first-order chi connectivity index (χ1) is 12.3. The molecule has 3 heterocycles. The summed E-state index contributed by atoms with van der Waals surface area (Å²) in [6.07, 6.45) is 6.18. The van der Waals surface area contributed by atoms with Gasteiger partial charge in [0.2, 0.25) is 5.95 Å². The van der Waals surface area contributed by atoms with Crippen molar-refractivity contribution in [3.05, 3.63) is 41.5 Å². The molecule has 8 heteroatoms.